The molecule has 1 aromatic heterocycles. The van der Waals surface area contributed by atoms with E-state index >= 15 is 0 Å². The standard InChI is InChI=1S/C20H24N4O4S/c1-14(25)21-13-29-11-8-19(26)23-9-5-10-24(23)20(27)17-12-18(28-2)15-6-3-4-7-16(15)22-17/h3-4,6-7,12H,5,8-11,13H2,1-2H3,(H,21,25). The summed E-state index contributed by atoms with van der Waals surface area (Å²) in [6, 6.07) is 9.08. The Morgan fingerprint density at radius 2 is 1.97 bits per heavy atom. The molecule has 3 amide bonds. The number of aromatic nitrogens is 1. The fourth-order valence-corrected chi connectivity index (χ4v) is 3.92. The van der Waals surface area contributed by atoms with Gasteiger partial charge in [-0.15, -0.1) is 11.8 Å². The molecule has 8 nitrogen and oxygen atoms in total. The van der Waals surface area contributed by atoms with E-state index < -0.39 is 0 Å². The number of pyridine rings is 1. The number of methoxy groups -OCH3 is 1. The molecule has 0 aliphatic carbocycles. The number of ether oxygens (including phenoxy) is 1. The van der Waals surface area contributed by atoms with Gasteiger partial charge in [-0.05, 0) is 18.6 Å². The summed E-state index contributed by atoms with van der Waals surface area (Å²) in [6.07, 6.45) is 1.02. The van der Waals surface area contributed by atoms with Crippen molar-refractivity contribution in [2.45, 2.75) is 19.8 Å². The van der Waals surface area contributed by atoms with E-state index in [1.54, 1.807) is 13.2 Å². The van der Waals surface area contributed by atoms with Gasteiger partial charge >= 0.3 is 0 Å². The van der Waals surface area contributed by atoms with Crippen LogP contribution >= 0.6 is 11.8 Å². The van der Waals surface area contributed by atoms with Gasteiger partial charge < -0.3 is 10.1 Å². The summed E-state index contributed by atoms with van der Waals surface area (Å²) in [6.45, 7) is 2.43. The number of rotatable bonds is 7. The number of nitrogens with zero attached hydrogens (tertiary/aromatic N) is 3. The van der Waals surface area contributed by atoms with Crippen LogP contribution in [0.1, 0.15) is 30.3 Å². The maximum atomic E-state index is 13.1. The molecule has 1 saturated heterocycles. The van der Waals surface area contributed by atoms with Crippen LogP contribution in [-0.2, 0) is 9.59 Å². The second-order valence-corrected chi connectivity index (χ2v) is 7.67. The molecule has 2 aromatic rings. The van der Waals surface area contributed by atoms with E-state index in [0.29, 0.717) is 42.4 Å². The molecular formula is C20H24N4O4S. The number of amides is 3. The molecular weight excluding hydrogens is 392 g/mol. The lowest BCUT2D eigenvalue weighted by atomic mass is 10.1. The Hall–Kier alpha value is -2.81. The Labute approximate surface area is 173 Å². The first-order valence-corrected chi connectivity index (χ1v) is 10.5. The minimum absolute atomic E-state index is 0.0987. The summed E-state index contributed by atoms with van der Waals surface area (Å²) in [5.41, 5.74) is 0.918. The Morgan fingerprint density at radius 3 is 2.72 bits per heavy atom. The average Bonchev–Trinajstić information content (AvgIpc) is 3.21. The third-order valence-corrected chi connectivity index (χ3v) is 5.40. The van der Waals surface area contributed by atoms with Crippen LogP contribution < -0.4 is 10.1 Å². The van der Waals surface area contributed by atoms with Gasteiger partial charge in [0.1, 0.15) is 11.4 Å². The highest BCUT2D eigenvalue weighted by atomic mass is 32.2. The zero-order chi connectivity index (χ0) is 20.8. The van der Waals surface area contributed by atoms with Crippen LogP contribution in [0, 0.1) is 0 Å². The molecule has 1 fully saturated rings. The maximum Gasteiger partial charge on any atom is 0.291 e. The summed E-state index contributed by atoms with van der Waals surface area (Å²) >= 11 is 1.47. The highest BCUT2D eigenvalue weighted by molar-refractivity contribution is 7.99. The van der Waals surface area contributed by atoms with E-state index in [1.807, 2.05) is 24.3 Å². The summed E-state index contributed by atoms with van der Waals surface area (Å²) in [4.78, 5) is 41.0. The topological polar surface area (TPSA) is 91.8 Å². The fraction of sp³-hybridized carbons (Fsp3) is 0.400. The largest absolute Gasteiger partial charge is 0.496 e. The van der Waals surface area contributed by atoms with Gasteiger partial charge in [0, 0.05) is 43.6 Å². The third-order valence-electron chi connectivity index (χ3n) is 4.55. The van der Waals surface area contributed by atoms with Crippen LogP contribution in [0.25, 0.3) is 10.9 Å². The van der Waals surface area contributed by atoms with E-state index in [1.165, 1.54) is 28.7 Å². The number of carbonyl (C=O) groups is 3. The number of hydrazine groups is 1. The molecule has 1 aromatic carbocycles. The van der Waals surface area contributed by atoms with Crippen molar-refractivity contribution in [2.24, 2.45) is 0 Å². The number of fused-ring (bicyclic) bond motifs is 1. The van der Waals surface area contributed by atoms with Crippen LogP contribution in [0.2, 0.25) is 0 Å². The third kappa shape index (κ3) is 4.97. The first-order chi connectivity index (χ1) is 14.0. The Morgan fingerprint density at radius 1 is 1.21 bits per heavy atom. The van der Waals surface area contributed by atoms with E-state index in [-0.39, 0.29) is 23.4 Å². The van der Waals surface area contributed by atoms with Gasteiger partial charge in [-0.3, -0.25) is 19.4 Å². The van der Waals surface area contributed by atoms with E-state index in [0.717, 1.165) is 11.8 Å². The Bertz CT molecular complexity index is 920. The molecule has 0 atom stereocenters. The van der Waals surface area contributed by atoms with Crippen molar-refractivity contribution in [3.05, 3.63) is 36.0 Å². The lowest BCUT2D eigenvalue weighted by Gasteiger charge is -2.27. The van der Waals surface area contributed by atoms with Crippen molar-refractivity contribution in [3.63, 3.8) is 0 Å². The molecule has 0 radical (unpaired) electrons. The summed E-state index contributed by atoms with van der Waals surface area (Å²) in [7, 11) is 1.56. The molecule has 29 heavy (non-hydrogen) atoms. The summed E-state index contributed by atoms with van der Waals surface area (Å²) in [5.74, 6) is 1.08. The summed E-state index contributed by atoms with van der Waals surface area (Å²) in [5, 5.41) is 6.48. The first-order valence-electron chi connectivity index (χ1n) is 9.39. The van der Waals surface area contributed by atoms with Crippen molar-refractivity contribution >= 4 is 40.4 Å². The SMILES string of the molecule is COc1cc(C(=O)N2CCCN2C(=O)CCSCNC(C)=O)nc2ccccc12. The van der Waals surface area contributed by atoms with Crippen LogP contribution in [0.4, 0.5) is 0 Å². The van der Waals surface area contributed by atoms with Gasteiger partial charge in [0.2, 0.25) is 11.8 Å². The molecule has 154 valence electrons. The molecule has 1 aliphatic heterocycles. The van der Waals surface area contributed by atoms with Crippen molar-refractivity contribution < 1.29 is 19.1 Å². The van der Waals surface area contributed by atoms with Gasteiger partial charge in [-0.1, -0.05) is 12.1 Å². The van der Waals surface area contributed by atoms with Crippen molar-refractivity contribution in [1.29, 1.82) is 0 Å². The number of nitrogens with one attached hydrogen (secondary N) is 1. The van der Waals surface area contributed by atoms with Gasteiger partial charge in [-0.25, -0.2) is 9.99 Å². The number of thioether (sulfide) groups is 1. The van der Waals surface area contributed by atoms with E-state index in [4.69, 9.17) is 4.74 Å². The van der Waals surface area contributed by atoms with Gasteiger partial charge in [0.25, 0.3) is 5.91 Å². The molecule has 1 aliphatic rings. The molecule has 9 heteroatoms. The zero-order valence-electron chi connectivity index (χ0n) is 16.5. The normalized spacial score (nSPS) is 13.6. The van der Waals surface area contributed by atoms with Crippen molar-refractivity contribution in [1.82, 2.24) is 20.3 Å². The Balaban J connectivity index is 1.69. The molecule has 0 unspecified atom stereocenters. The van der Waals surface area contributed by atoms with Gasteiger partial charge in [0.15, 0.2) is 0 Å². The highest BCUT2D eigenvalue weighted by Crippen LogP contribution is 2.26. The molecule has 3 rings (SSSR count). The zero-order valence-corrected chi connectivity index (χ0v) is 17.3. The predicted octanol–water partition coefficient (Wildman–Crippen LogP) is 2.05. The van der Waals surface area contributed by atoms with Crippen LogP contribution in [0.5, 0.6) is 5.75 Å². The van der Waals surface area contributed by atoms with Crippen LogP contribution in [0.3, 0.4) is 0 Å². The Kier molecular flexibility index (Phi) is 6.92. The molecule has 2 heterocycles. The van der Waals surface area contributed by atoms with E-state index in [2.05, 4.69) is 10.3 Å². The fourth-order valence-electron chi connectivity index (χ4n) is 3.15. The first kappa shape index (κ1) is 20.9. The van der Waals surface area contributed by atoms with Crippen LogP contribution in [-0.4, -0.2) is 64.6 Å². The maximum absolute atomic E-state index is 13.1. The van der Waals surface area contributed by atoms with Gasteiger partial charge in [-0.2, -0.15) is 0 Å². The smallest absolute Gasteiger partial charge is 0.291 e. The average molecular weight is 417 g/mol. The van der Waals surface area contributed by atoms with Crippen molar-refractivity contribution in [3.8, 4) is 5.75 Å². The molecule has 0 bridgehead atoms. The molecule has 1 N–H and O–H groups in total. The minimum Gasteiger partial charge on any atom is -0.496 e. The minimum atomic E-state index is -0.314. The second-order valence-electron chi connectivity index (χ2n) is 6.56. The van der Waals surface area contributed by atoms with Crippen molar-refractivity contribution in [2.75, 3.05) is 31.8 Å². The lowest BCUT2D eigenvalue weighted by Crippen LogP contribution is -2.45. The number of carbonyl (C=O) groups excluding carboxylic acids is 3. The number of para-hydroxylation sites is 1. The second kappa shape index (κ2) is 9.60. The van der Waals surface area contributed by atoms with Gasteiger partial charge in [0.05, 0.1) is 18.5 Å². The van der Waals surface area contributed by atoms with E-state index in [9.17, 15) is 14.4 Å². The van der Waals surface area contributed by atoms with Crippen LogP contribution in [0.15, 0.2) is 30.3 Å². The summed E-state index contributed by atoms with van der Waals surface area (Å²) < 4.78 is 5.42. The molecule has 0 spiro atoms. The molecule has 0 saturated carbocycles. The number of hydrogen-bond acceptors (Lipinski definition) is 6. The predicted molar refractivity (Wildman–Crippen MR) is 111 cm³/mol. The number of benzene rings is 1. The highest BCUT2D eigenvalue weighted by Gasteiger charge is 2.32. The lowest BCUT2D eigenvalue weighted by molar-refractivity contribution is -0.140. The quantitative estimate of drug-likeness (QED) is 0.549. The number of hydrogen-bond donors (Lipinski definition) is 1. The monoisotopic (exact) mass is 416 g/mol.